The lowest BCUT2D eigenvalue weighted by atomic mass is 9.82. The van der Waals surface area contributed by atoms with Crippen LogP contribution in [0.3, 0.4) is 0 Å². The van der Waals surface area contributed by atoms with E-state index in [0.717, 1.165) is 28.9 Å². The number of aryl methyl sites for hydroxylation is 1. The Bertz CT molecular complexity index is 2890. The number of hydrogen-bond donors (Lipinski definition) is 2. The molecule has 0 radical (unpaired) electrons. The van der Waals surface area contributed by atoms with E-state index in [-0.39, 0.29) is 76.8 Å². The zero-order valence-electron chi connectivity index (χ0n) is 46.9. The summed E-state index contributed by atoms with van der Waals surface area (Å²) in [4.78, 5) is 124. The molecule has 3 aromatic rings. The third-order valence-electron chi connectivity index (χ3n) is 13.8. The first-order valence-electron chi connectivity index (χ1n) is 27.5. The van der Waals surface area contributed by atoms with Crippen LogP contribution in [0, 0.1) is 30.6 Å². The van der Waals surface area contributed by atoms with Crippen LogP contribution < -0.4 is 29.6 Å². The Hall–Kier alpha value is -8.82. The summed E-state index contributed by atoms with van der Waals surface area (Å²) in [6, 6.07) is 15.3. The van der Waals surface area contributed by atoms with Crippen LogP contribution in [-0.4, -0.2) is 99.3 Å². The van der Waals surface area contributed by atoms with Crippen LogP contribution in [0.2, 0.25) is 0 Å². The molecule has 83 heavy (non-hydrogen) atoms. The largest absolute Gasteiger partial charge is 0.465 e. The maximum Gasteiger partial charge on any atom is 0.330 e. The number of fused-ring (bicyclic) bond motifs is 1. The molecular formula is C61H70N2O20. The van der Waals surface area contributed by atoms with Gasteiger partial charge < -0.3 is 58.0 Å². The second-order valence-corrected chi connectivity index (χ2v) is 20.1. The van der Waals surface area contributed by atoms with Crippen LogP contribution in [0.5, 0.6) is 23.0 Å². The maximum absolute atomic E-state index is 13.8. The van der Waals surface area contributed by atoms with Gasteiger partial charge in [0.05, 0.1) is 62.6 Å². The van der Waals surface area contributed by atoms with Gasteiger partial charge in [-0.2, -0.15) is 0 Å². The van der Waals surface area contributed by atoms with Crippen molar-refractivity contribution in [3.8, 4) is 23.0 Å². The van der Waals surface area contributed by atoms with Crippen molar-refractivity contribution in [1.82, 2.24) is 0 Å². The van der Waals surface area contributed by atoms with Crippen molar-refractivity contribution in [3.63, 3.8) is 0 Å². The van der Waals surface area contributed by atoms with Gasteiger partial charge in [0.1, 0.15) is 55.1 Å². The first-order chi connectivity index (χ1) is 39.9. The number of hydrogen-bond acceptors (Lipinski definition) is 22. The monoisotopic (exact) mass is 1150 g/mol. The second kappa shape index (κ2) is 32.0. The second-order valence-electron chi connectivity index (χ2n) is 20.1. The number of carbonyl (C=O) groups excluding carboxylic acids is 10. The van der Waals surface area contributed by atoms with Crippen LogP contribution in [0.15, 0.2) is 91.3 Å². The van der Waals surface area contributed by atoms with E-state index >= 15 is 0 Å². The molecule has 0 bridgehead atoms. The van der Waals surface area contributed by atoms with Gasteiger partial charge in [-0.25, -0.2) is 9.59 Å². The molecule has 3 aliphatic rings. The number of anilines is 2. The molecule has 0 saturated heterocycles. The van der Waals surface area contributed by atoms with Crippen molar-refractivity contribution in [2.45, 2.75) is 111 Å². The molecule has 0 unspecified atom stereocenters. The predicted octanol–water partition coefficient (Wildman–Crippen LogP) is 8.00. The minimum atomic E-state index is -0.636. The molecule has 0 aromatic heterocycles. The van der Waals surface area contributed by atoms with Gasteiger partial charge in [-0.3, -0.25) is 38.4 Å². The molecule has 444 valence electrons. The van der Waals surface area contributed by atoms with Gasteiger partial charge in [0, 0.05) is 25.0 Å². The Labute approximate surface area is 480 Å². The van der Waals surface area contributed by atoms with Gasteiger partial charge >= 0.3 is 59.7 Å². The average molecular weight is 1150 g/mol. The number of benzene rings is 3. The summed E-state index contributed by atoms with van der Waals surface area (Å²) < 4.78 is 53.2. The van der Waals surface area contributed by atoms with Crippen molar-refractivity contribution in [2.24, 2.45) is 23.7 Å². The molecule has 1 heterocycles. The highest BCUT2D eigenvalue weighted by Crippen LogP contribution is 2.49. The van der Waals surface area contributed by atoms with Crippen molar-refractivity contribution in [3.05, 3.63) is 108 Å². The zero-order chi connectivity index (χ0) is 59.8. The molecule has 22 nitrogen and oxygen atoms in total. The standard InChI is InChI=1S/C61H70N2O20/c1-6-48(64)76-32-34-78-52(68)26-24-50(66)74-30-28-39-8-20-45(21-9-39)80-58(70)41-12-16-43(17-13-41)60(72)82-47-36-38(5)56(55-54(47)62-57(63-55)37(3)4)83-61(73)44-18-14-42(15-19-44)59(71)81-46-22-10-40(11-23-46)29-31-75-51(67)25-27-53(69)79-35-33-77-49(65)7-2/h6-11,20-23,36,41-44,62-63H,1-2,12-19,24-35H2,3-5H3. The molecule has 0 amide bonds. The van der Waals surface area contributed by atoms with Gasteiger partial charge in [0.15, 0.2) is 11.5 Å². The number of nitrogens with one attached hydrogen (secondary N) is 2. The van der Waals surface area contributed by atoms with Gasteiger partial charge in [0.2, 0.25) is 0 Å². The van der Waals surface area contributed by atoms with Crippen molar-refractivity contribution in [2.75, 3.05) is 50.3 Å². The number of carbonyl (C=O) groups is 10. The van der Waals surface area contributed by atoms with E-state index in [2.05, 4.69) is 23.8 Å². The summed E-state index contributed by atoms with van der Waals surface area (Å²) in [7, 11) is 0. The third kappa shape index (κ3) is 20.3. The summed E-state index contributed by atoms with van der Waals surface area (Å²) in [5.41, 5.74) is 3.97. The highest BCUT2D eigenvalue weighted by atomic mass is 16.6. The Kier molecular flexibility index (Phi) is 24.4. The van der Waals surface area contributed by atoms with Crippen molar-refractivity contribution >= 4 is 71.1 Å². The van der Waals surface area contributed by atoms with Crippen molar-refractivity contribution < 1.29 is 95.3 Å². The van der Waals surface area contributed by atoms with Crippen LogP contribution in [0.25, 0.3) is 0 Å². The molecule has 0 spiro atoms. The quantitative estimate of drug-likeness (QED) is 0.0229. The van der Waals surface area contributed by atoms with Crippen LogP contribution in [-0.2, 0) is 89.2 Å². The topological polar surface area (TPSA) is 287 Å². The van der Waals surface area contributed by atoms with Crippen LogP contribution >= 0.6 is 0 Å². The first kappa shape index (κ1) is 63.4. The summed E-state index contributed by atoms with van der Waals surface area (Å²) in [6.45, 7) is 11.7. The third-order valence-corrected chi connectivity index (χ3v) is 13.8. The van der Waals surface area contributed by atoms with Gasteiger partial charge in [-0.05, 0) is 125 Å². The molecule has 2 N–H and O–H groups in total. The van der Waals surface area contributed by atoms with E-state index in [1.165, 1.54) is 0 Å². The first-order valence-corrected chi connectivity index (χ1v) is 27.5. The minimum Gasteiger partial charge on any atom is -0.465 e. The SMILES string of the molecule is C=CC(=O)OCCOC(=O)CCC(=O)OCCc1ccc(OC(=O)C2CCC(C(=O)Oc3cc(C)c(OC(=O)C4CCC(C(=O)Oc5ccc(CCOC(=O)CCC(=O)OCCOC(=O)C=C)cc5)CC4)c4c3NC(=C(C)C)N4)CC2)cc1. The average Bonchev–Trinajstić information content (AvgIpc) is 4.10. The van der Waals surface area contributed by atoms with E-state index in [1.807, 2.05) is 13.8 Å². The molecular weight excluding hydrogens is 1080 g/mol. The molecule has 2 saturated carbocycles. The zero-order valence-corrected chi connectivity index (χ0v) is 46.9. The minimum absolute atomic E-state index is 0.0694. The number of esters is 10. The summed E-state index contributed by atoms with van der Waals surface area (Å²) in [5.74, 6) is -5.35. The smallest absolute Gasteiger partial charge is 0.330 e. The Balaban J connectivity index is 0.892. The predicted molar refractivity (Wildman–Crippen MR) is 295 cm³/mol. The summed E-state index contributed by atoms with van der Waals surface area (Å²) in [5, 5.41) is 6.58. The molecule has 2 aliphatic carbocycles. The fourth-order valence-corrected chi connectivity index (χ4v) is 9.08. The maximum atomic E-state index is 13.8. The Morgan fingerprint density at radius 2 is 0.795 bits per heavy atom. The lowest BCUT2D eigenvalue weighted by molar-refractivity contribution is -0.152. The van der Waals surface area contributed by atoms with E-state index in [1.54, 1.807) is 61.5 Å². The van der Waals surface area contributed by atoms with Gasteiger partial charge in [-0.15, -0.1) is 0 Å². The molecule has 1 aliphatic heterocycles. The number of rotatable bonds is 28. The molecule has 2 fully saturated rings. The summed E-state index contributed by atoms with van der Waals surface area (Å²) in [6.07, 6.45) is 5.27. The van der Waals surface area contributed by atoms with Crippen molar-refractivity contribution in [1.29, 1.82) is 0 Å². The molecule has 0 atom stereocenters. The van der Waals surface area contributed by atoms with Gasteiger partial charge in [0.25, 0.3) is 0 Å². The van der Waals surface area contributed by atoms with E-state index in [4.69, 9.17) is 47.4 Å². The lowest BCUT2D eigenvalue weighted by Gasteiger charge is -2.27. The van der Waals surface area contributed by atoms with E-state index in [9.17, 15) is 47.9 Å². The van der Waals surface area contributed by atoms with E-state index < -0.39 is 83.4 Å². The Morgan fingerprint density at radius 1 is 0.458 bits per heavy atom. The Morgan fingerprint density at radius 3 is 1.17 bits per heavy atom. The normalized spacial score (nSPS) is 16.8. The van der Waals surface area contributed by atoms with Crippen LogP contribution in [0.1, 0.15) is 108 Å². The van der Waals surface area contributed by atoms with Crippen LogP contribution in [0.4, 0.5) is 11.4 Å². The molecule has 3 aromatic carbocycles. The molecule has 6 rings (SSSR count). The summed E-state index contributed by atoms with van der Waals surface area (Å²) >= 11 is 0. The fraction of sp³-hybridized carbons (Fsp3) is 0.443. The molecule has 22 heteroatoms. The number of ether oxygens (including phenoxy) is 10. The van der Waals surface area contributed by atoms with E-state index in [0.29, 0.717) is 98.5 Å². The van der Waals surface area contributed by atoms with Gasteiger partial charge in [-0.1, -0.05) is 37.4 Å². The number of allylic oxidation sites excluding steroid dienone is 1. The lowest BCUT2D eigenvalue weighted by Crippen LogP contribution is -2.30. The fourth-order valence-electron chi connectivity index (χ4n) is 9.08. The highest BCUT2D eigenvalue weighted by molar-refractivity contribution is 5.94. The highest BCUT2D eigenvalue weighted by Gasteiger charge is 2.36.